The molecule has 0 saturated carbocycles. The van der Waals surface area contributed by atoms with E-state index in [2.05, 4.69) is 25.3 Å². The number of benzene rings is 2. The molecule has 0 radical (unpaired) electrons. The lowest BCUT2D eigenvalue weighted by Crippen LogP contribution is -2.47. The van der Waals surface area contributed by atoms with E-state index < -0.39 is 11.7 Å². The molecule has 0 atom stereocenters. The van der Waals surface area contributed by atoms with Gasteiger partial charge in [0.25, 0.3) is 0 Å². The van der Waals surface area contributed by atoms with Gasteiger partial charge in [-0.1, -0.05) is 29.8 Å². The fourth-order valence-electron chi connectivity index (χ4n) is 3.77. The number of aromatic nitrogens is 2. The van der Waals surface area contributed by atoms with Gasteiger partial charge >= 0.3 is 11.8 Å². The zero-order valence-corrected chi connectivity index (χ0v) is 18.7. The Hall–Kier alpha value is -3.04. The molecule has 0 aliphatic carbocycles. The van der Waals surface area contributed by atoms with Gasteiger partial charge in [0.2, 0.25) is 5.89 Å². The fraction of sp³-hybridized carbons (Fsp3) is 0.348. The van der Waals surface area contributed by atoms with Crippen LogP contribution in [0.25, 0.3) is 0 Å². The van der Waals surface area contributed by atoms with Crippen LogP contribution in [-0.4, -0.2) is 60.3 Å². The van der Waals surface area contributed by atoms with E-state index in [1.54, 1.807) is 18.2 Å². The number of carbonyl (C=O) groups excluding carboxylic acids is 1. The molecule has 1 fully saturated rings. The summed E-state index contributed by atoms with van der Waals surface area (Å²) < 4.78 is 33.2. The van der Waals surface area contributed by atoms with Crippen molar-refractivity contribution in [2.24, 2.45) is 0 Å². The number of hydrogen-bond acceptors (Lipinski definition) is 6. The molecule has 7 nitrogen and oxygen atoms in total. The maximum Gasteiger partial charge on any atom is 0.308 e. The Morgan fingerprint density at radius 1 is 1.03 bits per heavy atom. The molecule has 1 aromatic heterocycles. The number of piperazine rings is 1. The maximum absolute atomic E-state index is 13.9. The molecular formula is C23H24ClF2N5O2. The Labute approximate surface area is 195 Å². The lowest BCUT2D eigenvalue weighted by atomic mass is 10.1. The van der Waals surface area contributed by atoms with E-state index >= 15 is 0 Å². The van der Waals surface area contributed by atoms with Crippen molar-refractivity contribution in [3.63, 3.8) is 0 Å². The summed E-state index contributed by atoms with van der Waals surface area (Å²) in [5, 5.41) is 10.6. The number of amides is 1. The van der Waals surface area contributed by atoms with Crippen molar-refractivity contribution in [2.45, 2.75) is 12.8 Å². The van der Waals surface area contributed by atoms with Gasteiger partial charge in [0.1, 0.15) is 11.6 Å². The normalized spacial score (nSPS) is 14.5. The van der Waals surface area contributed by atoms with Crippen molar-refractivity contribution in [2.75, 3.05) is 44.2 Å². The second-order valence-corrected chi connectivity index (χ2v) is 8.17. The lowest BCUT2D eigenvalue weighted by molar-refractivity contribution is 0.0915. The molecule has 1 aliphatic rings. The first-order chi connectivity index (χ1) is 16.0. The number of para-hydroxylation sites is 1. The van der Waals surface area contributed by atoms with Gasteiger partial charge in [-0.15, -0.1) is 10.2 Å². The molecular weight excluding hydrogens is 452 g/mol. The summed E-state index contributed by atoms with van der Waals surface area (Å²) >= 11 is 6.01. The zero-order valence-electron chi connectivity index (χ0n) is 17.9. The molecule has 2 aromatic carbocycles. The first-order valence-corrected chi connectivity index (χ1v) is 11.1. The number of nitrogens with one attached hydrogen (secondary N) is 1. The standard InChI is InChI=1S/C23H24ClF2N5O2/c24-17-5-3-7-18(25)16(17)15-21-28-29-23(33-21)22(32)27-9-4-10-30-11-13-31(14-12-30)20-8-2-1-6-19(20)26/h1-3,5-8H,4,9-15H2,(H,27,32). The SMILES string of the molecule is O=C(NCCCN1CCN(c2ccccc2F)CC1)c1nnc(Cc2c(F)cccc2Cl)o1. The molecule has 10 heteroatoms. The summed E-state index contributed by atoms with van der Waals surface area (Å²) in [7, 11) is 0. The first kappa shape index (κ1) is 23.1. The minimum atomic E-state index is -0.474. The number of nitrogens with zero attached hydrogens (tertiary/aromatic N) is 4. The predicted molar refractivity (Wildman–Crippen MR) is 121 cm³/mol. The molecule has 0 bridgehead atoms. The minimum absolute atomic E-state index is 0.00461. The molecule has 0 unspecified atom stereocenters. The molecule has 1 amide bonds. The molecule has 2 heterocycles. The second kappa shape index (κ2) is 10.7. The fourth-order valence-corrected chi connectivity index (χ4v) is 4.00. The van der Waals surface area contributed by atoms with E-state index in [4.69, 9.17) is 16.0 Å². The van der Waals surface area contributed by atoms with Crippen LogP contribution in [-0.2, 0) is 6.42 Å². The van der Waals surface area contributed by atoms with E-state index in [1.807, 2.05) is 6.07 Å². The van der Waals surface area contributed by atoms with Gasteiger partial charge in [0, 0.05) is 43.3 Å². The lowest BCUT2D eigenvalue weighted by Gasteiger charge is -2.36. The molecule has 1 aliphatic heterocycles. The number of halogens is 3. The first-order valence-electron chi connectivity index (χ1n) is 10.8. The molecule has 4 rings (SSSR count). The van der Waals surface area contributed by atoms with Crippen molar-refractivity contribution in [1.29, 1.82) is 0 Å². The van der Waals surface area contributed by atoms with Gasteiger partial charge in [0.05, 0.1) is 12.1 Å². The van der Waals surface area contributed by atoms with Gasteiger partial charge < -0.3 is 14.6 Å². The van der Waals surface area contributed by atoms with Crippen molar-refractivity contribution >= 4 is 23.2 Å². The molecule has 3 aromatic rings. The van der Waals surface area contributed by atoms with Crippen LogP contribution >= 0.6 is 11.6 Å². The van der Waals surface area contributed by atoms with Crippen LogP contribution in [0.15, 0.2) is 46.9 Å². The third-order valence-electron chi connectivity index (χ3n) is 5.55. The Kier molecular flexibility index (Phi) is 7.51. The Bertz CT molecular complexity index is 1080. The third kappa shape index (κ3) is 5.85. The second-order valence-electron chi connectivity index (χ2n) is 7.77. The largest absolute Gasteiger partial charge is 0.417 e. The van der Waals surface area contributed by atoms with E-state index in [9.17, 15) is 13.6 Å². The smallest absolute Gasteiger partial charge is 0.308 e. The van der Waals surface area contributed by atoms with Crippen LogP contribution in [0.1, 0.15) is 28.6 Å². The number of hydrogen-bond donors (Lipinski definition) is 1. The van der Waals surface area contributed by atoms with Crippen molar-refractivity contribution in [1.82, 2.24) is 20.4 Å². The minimum Gasteiger partial charge on any atom is -0.417 e. The molecule has 33 heavy (non-hydrogen) atoms. The van der Waals surface area contributed by atoms with Crippen LogP contribution in [0.3, 0.4) is 0 Å². The highest BCUT2D eigenvalue weighted by atomic mass is 35.5. The summed E-state index contributed by atoms with van der Waals surface area (Å²) in [6, 6.07) is 11.2. The maximum atomic E-state index is 13.9. The third-order valence-corrected chi connectivity index (χ3v) is 5.91. The highest BCUT2D eigenvalue weighted by Crippen LogP contribution is 2.22. The Morgan fingerprint density at radius 2 is 1.79 bits per heavy atom. The van der Waals surface area contributed by atoms with Crippen molar-refractivity contribution < 1.29 is 18.0 Å². The van der Waals surface area contributed by atoms with E-state index in [1.165, 1.54) is 18.2 Å². The van der Waals surface area contributed by atoms with Gasteiger partial charge in [-0.3, -0.25) is 9.69 Å². The van der Waals surface area contributed by atoms with Crippen LogP contribution in [0.5, 0.6) is 0 Å². The number of rotatable bonds is 8. The quantitative estimate of drug-likeness (QED) is 0.502. The predicted octanol–water partition coefficient (Wildman–Crippen LogP) is 3.53. The molecule has 174 valence electrons. The van der Waals surface area contributed by atoms with Crippen LogP contribution in [0, 0.1) is 11.6 Å². The van der Waals surface area contributed by atoms with E-state index in [0.717, 1.165) is 39.1 Å². The van der Waals surface area contributed by atoms with Crippen molar-refractivity contribution in [3.05, 3.63) is 76.5 Å². The molecule has 1 saturated heterocycles. The van der Waals surface area contributed by atoms with Crippen LogP contribution in [0.4, 0.5) is 14.5 Å². The highest BCUT2D eigenvalue weighted by molar-refractivity contribution is 6.31. The average molecular weight is 476 g/mol. The Morgan fingerprint density at radius 3 is 2.55 bits per heavy atom. The summed E-state index contributed by atoms with van der Waals surface area (Å²) in [4.78, 5) is 16.6. The highest BCUT2D eigenvalue weighted by Gasteiger charge is 2.20. The topological polar surface area (TPSA) is 74.5 Å². The summed E-state index contributed by atoms with van der Waals surface area (Å²) in [5.74, 6) is -1.20. The van der Waals surface area contributed by atoms with Gasteiger partial charge in [-0.25, -0.2) is 8.78 Å². The van der Waals surface area contributed by atoms with E-state index in [0.29, 0.717) is 12.2 Å². The number of carbonyl (C=O) groups is 1. The number of anilines is 1. The van der Waals surface area contributed by atoms with Gasteiger partial charge in [-0.2, -0.15) is 0 Å². The monoisotopic (exact) mass is 475 g/mol. The molecule has 1 N–H and O–H groups in total. The molecule has 0 spiro atoms. The summed E-state index contributed by atoms with van der Waals surface area (Å²) in [6.07, 6.45) is 0.752. The Balaban J connectivity index is 1.18. The van der Waals surface area contributed by atoms with Crippen molar-refractivity contribution in [3.8, 4) is 0 Å². The zero-order chi connectivity index (χ0) is 23.2. The summed E-state index contributed by atoms with van der Waals surface area (Å²) in [5.41, 5.74) is 0.880. The average Bonchev–Trinajstić information content (AvgIpc) is 3.29. The van der Waals surface area contributed by atoms with Crippen LogP contribution in [0.2, 0.25) is 5.02 Å². The van der Waals surface area contributed by atoms with Crippen LogP contribution < -0.4 is 10.2 Å². The van der Waals surface area contributed by atoms with Gasteiger partial charge in [-0.05, 0) is 37.2 Å². The summed E-state index contributed by atoms with van der Waals surface area (Å²) in [6.45, 7) is 4.42. The van der Waals surface area contributed by atoms with E-state index in [-0.39, 0.29) is 34.6 Å². The van der Waals surface area contributed by atoms with Gasteiger partial charge in [0.15, 0.2) is 0 Å².